The number of fused-ring (bicyclic) bond motifs is 1. The molecule has 0 aliphatic carbocycles. The van der Waals surface area contributed by atoms with Gasteiger partial charge in [-0.05, 0) is 17.7 Å². The molecule has 1 aromatic rings. The summed E-state index contributed by atoms with van der Waals surface area (Å²) in [5.41, 5.74) is 1.26. The number of rotatable bonds is 4. The maximum atomic E-state index is 11.7. The Morgan fingerprint density at radius 1 is 1.53 bits per heavy atom. The van der Waals surface area contributed by atoms with Crippen LogP contribution < -0.4 is 10.1 Å². The van der Waals surface area contributed by atoms with Crippen molar-refractivity contribution in [3.05, 3.63) is 23.8 Å². The summed E-state index contributed by atoms with van der Waals surface area (Å²) >= 11 is 0. The van der Waals surface area contributed by atoms with E-state index in [0.29, 0.717) is 11.4 Å². The topological polar surface area (TPSA) is 84.9 Å². The molecule has 1 atom stereocenters. The van der Waals surface area contributed by atoms with E-state index in [4.69, 9.17) is 9.84 Å². The first kappa shape index (κ1) is 13.4. The van der Waals surface area contributed by atoms with E-state index >= 15 is 0 Å². The third-order valence-electron chi connectivity index (χ3n) is 2.83. The first-order valence-electron chi connectivity index (χ1n) is 5.92. The van der Waals surface area contributed by atoms with Crippen LogP contribution in [0.5, 0.6) is 5.75 Å². The third kappa shape index (κ3) is 3.03. The van der Waals surface area contributed by atoms with Crippen LogP contribution in [0, 0.1) is 0 Å². The van der Waals surface area contributed by atoms with Crippen molar-refractivity contribution in [3.63, 3.8) is 0 Å². The number of carbonyl (C=O) groups excluding carboxylic acids is 2. The lowest BCUT2D eigenvalue weighted by Crippen LogP contribution is -2.37. The van der Waals surface area contributed by atoms with Gasteiger partial charge in [0.1, 0.15) is 5.75 Å². The zero-order chi connectivity index (χ0) is 13.8. The molecule has 1 heterocycles. The second kappa shape index (κ2) is 5.71. The van der Waals surface area contributed by atoms with Crippen molar-refractivity contribution in [2.45, 2.75) is 18.9 Å². The van der Waals surface area contributed by atoms with E-state index in [0.717, 1.165) is 5.56 Å². The fourth-order valence-corrected chi connectivity index (χ4v) is 1.85. The van der Waals surface area contributed by atoms with Gasteiger partial charge in [0.2, 0.25) is 0 Å². The standard InChI is InChI=1S/C13H15NO5/c1-18-12(16)7-8-2-3-10-9(6-8)14-13(17)11(19-10)4-5-15/h2-3,6,11,15H,4-5,7H2,1H3,(H,14,17)/t11-/m0/s1. The van der Waals surface area contributed by atoms with E-state index in [1.165, 1.54) is 7.11 Å². The van der Waals surface area contributed by atoms with E-state index < -0.39 is 6.10 Å². The Hall–Kier alpha value is -2.08. The molecule has 6 heteroatoms. The van der Waals surface area contributed by atoms with Gasteiger partial charge in [-0.2, -0.15) is 0 Å². The van der Waals surface area contributed by atoms with Crippen molar-refractivity contribution in [1.82, 2.24) is 0 Å². The van der Waals surface area contributed by atoms with Gasteiger partial charge in [0, 0.05) is 13.0 Å². The third-order valence-corrected chi connectivity index (χ3v) is 2.83. The largest absolute Gasteiger partial charge is 0.478 e. The summed E-state index contributed by atoms with van der Waals surface area (Å²) in [5, 5.41) is 11.5. The summed E-state index contributed by atoms with van der Waals surface area (Å²) in [4.78, 5) is 22.9. The van der Waals surface area contributed by atoms with E-state index in [9.17, 15) is 9.59 Å². The molecule has 0 aromatic heterocycles. The molecule has 2 rings (SSSR count). The van der Waals surface area contributed by atoms with Crippen LogP contribution in [-0.4, -0.2) is 36.8 Å². The van der Waals surface area contributed by atoms with Crippen molar-refractivity contribution in [1.29, 1.82) is 0 Å². The minimum Gasteiger partial charge on any atom is -0.478 e. The van der Waals surface area contributed by atoms with E-state index in [2.05, 4.69) is 10.1 Å². The summed E-state index contributed by atoms with van der Waals surface area (Å²) < 4.78 is 10.1. The number of hydrogen-bond donors (Lipinski definition) is 2. The molecule has 0 saturated heterocycles. The molecular formula is C13H15NO5. The monoisotopic (exact) mass is 265 g/mol. The Kier molecular flexibility index (Phi) is 4.01. The van der Waals surface area contributed by atoms with Crippen LogP contribution in [0.1, 0.15) is 12.0 Å². The Balaban J connectivity index is 2.16. The molecule has 6 nitrogen and oxygen atoms in total. The highest BCUT2D eigenvalue weighted by Crippen LogP contribution is 2.31. The van der Waals surface area contributed by atoms with Crippen LogP contribution >= 0.6 is 0 Å². The van der Waals surface area contributed by atoms with Gasteiger partial charge >= 0.3 is 5.97 Å². The molecular weight excluding hydrogens is 250 g/mol. The summed E-state index contributed by atoms with van der Waals surface area (Å²) in [6.07, 6.45) is -0.293. The highest BCUT2D eigenvalue weighted by Gasteiger charge is 2.27. The number of anilines is 1. The average molecular weight is 265 g/mol. The molecule has 1 aliphatic rings. The maximum Gasteiger partial charge on any atom is 0.309 e. The SMILES string of the molecule is COC(=O)Cc1ccc2c(c1)NC(=O)[C@H](CCO)O2. The number of esters is 1. The Labute approximate surface area is 110 Å². The Morgan fingerprint density at radius 2 is 2.32 bits per heavy atom. The summed E-state index contributed by atoms with van der Waals surface area (Å²) in [5.74, 6) is -0.107. The molecule has 0 saturated carbocycles. The predicted molar refractivity (Wildman–Crippen MR) is 66.9 cm³/mol. The fourth-order valence-electron chi connectivity index (χ4n) is 1.85. The maximum absolute atomic E-state index is 11.7. The van der Waals surface area contributed by atoms with Crippen LogP contribution in [0.2, 0.25) is 0 Å². The van der Waals surface area contributed by atoms with E-state index in [1.807, 2.05) is 0 Å². The van der Waals surface area contributed by atoms with Gasteiger partial charge in [-0.25, -0.2) is 0 Å². The van der Waals surface area contributed by atoms with Gasteiger partial charge < -0.3 is 19.9 Å². The van der Waals surface area contributed by atoms with Crippen LogP contribution in [0.4, 0.5) is 5.69 Å². The average Bonchev–Trinajstić information content (AvgIpc) is 2.40. The molecule has 0 spiro atoms. The number of hydrogen-bond acceptors (Lipinski definition) is 5. The number of aliphatic hydroxyl groups is 1. The van der Waals surface area contributed by atoms with E-state index in [1.54, 1.807) is 18.2 Å². The molecule has 102 valence electrons. The quantitative estimate of drug-likeness (QED) is 0.774. The summed E-state index contributed by atoms with van der Waals surface area (Å²) in [6.45, 7) is -0.117. The van der Waals surface area contributed by atoms with Crippen molar-refractivity contribution < 1.29 is 24.2 Å². The number of benzene rings is 1. The predicted octanol–water partition coefficient (Wildman–Crippen LogP) is 0.484. The van der Waals surface area contributed by atoms with Crippen molar-refractivity contribution in [2.75, 3.05) is 19.0 Å². The minimum atomic E-state index is -0.677. The van der Waals surface area contributed by atoms with Gasteiger partial charge in [0.15, 0.2) is 6.10 Å². The number of aliphatic hydroxyl groups excluding tert-OH is 1. The Bertz CT molecular complexity index is 500. The number of carbonyl (C=O) groups is 2. The zero-order valence-corrected chi connectivity index (χ0v) is 10.5. The lowest BCUT2D eigenvalue weighted by atomic mass is 10.1. The van der Waals surface area contributed by atoms with Gasteiger partial charge in [-0.15, -0.1) is 0 Å². The number of methoxy groups -OCH3 is 1. The number of ether oxygens (including phenoxy) is 2. The molecule has 0 bridgehead atoms. The normalized spacial score (nSPS) is 17.2. The lowest BCUT2D eigenvalue weighted by Gasteiger charge is -2.25. The van der Waals surface area contributed by atoms with Crippen LogP contribution in [0.3, 0.4) is 0 Å². The second-order valence-electron chi connectivity index (χ2n) is 4.19. The molecule has 1 aromatic carbocycles. The highest BCUT2D eigenvalue weighted by molar-refractivity contribution is 5.97. The van der Waals surface area contributed by atoms with Gasteiger partial charge in [-0.1, -0.05) is 6.07 Å². The molecule has 1 aliphatic heterocycles. The molecule has 0 radical (unpaired) electrons. The van der Waals surface area contributed by atoms with Gasteiger partial charge in [0.05, 0.1) is 19.2 Å². The molecule has 19 heavy (non-hydrogen) atoms. The molecule has 0 fully saturated rings. The number of nitrogens with one attached hydrogen (secondary N) is 1. The molecule has 2 N–H and O–H groups in total. The summed E-state index contributed by atoms with van der Waals surface area (Å²) in [6, 6.07) is 5.11. The smallest absolute Gasteiger partial charge is 0.309 e. The lowest BCUT2D eigenvalue weighted by molar-refractivity contribution is -0.139. The zero-order valence-electron chi connectivity index (χ0n) is 10.5. The van der Waals surface area contributed by atoms with Crippen molar-refractivity contribution in [3.8, 4) is 5.75 Å². The van der Waals surface area contributed by atoms with Crippen LogP contribution in [0.15, 0.2) is 18.2 Å². The fraction of sp³-hybridized carbons (Fsp3) is 0.385. The van der Waals surface area contributed by atoms with Gasteiger partial charge in [0.25, 0.3) is 5.91 Å². The van der Waals surface area contributed by atoms with Crippen LogP contribution in [0.25, 0.3) is 0 Å². The van der Waals surface area contributed by atoms with Gasteiger partial charge in [-0.3, -0.25) is 9.59 Å². The van der Waals surface area contributed by atoms with E-state index in [-0.39, 0.29) is 31.3 Å². The first-order valence-corrected chi connectivity index (χ1v) is 5.92. The minimum absolute atomic E-state index is 0.117. The van der Waals surface area contributed by atoms with Crippen molar-refractivity contribution >= 4 is 17.6 Å². The highest BCUT2D eigenvalue weighted by atomic mass is 16.5. The molecule has 1 amide bonds. The summed E-state index contributed by atoms with van der Waals surface area (Å²) in [7, 11) is 1.32. The molecule has 0 unspecified atom stereocenters. The van der Waals surface area contributed by atoms with Crippen LogP contribution in [-0.2, 0) is 20.7 Å². The first-order chi connectivity index (χ1) is 9.13. The van der Waals surface area contributed by atoms with Crippen molar-refractivity contribution in [2.24, 2.45) is 0 Å². The number of amides is 1. The second-order valence-corrected chi connectivity index (χ2v) is 4.19. The Morgan fingerprint density at radius 3 is 3.00 bits per heavy atom.